The van der Waals surface area contributed by atoms with E-state index in [-0.39, 0.29) is 46.4 Å². The highest BCUT2D eigenvalue weighted by atomic mass is 32.2. The van der Waals surface area contributed by atoms with Gasteiger partial charge in [-0.05, 0) is 48.6 Å². The largest absolute Gasteiger partial charge is 0.392 e. The molecule has 0 radical (unpaired) electrons. The zero-order valence-corrected chi connectivity index (χ0v) is 23.8. The third-order valence-electron chi connectivity index (χ3n) is 8.33. The Morgan fingerprint density at radius 2 is 2.03 bits per heavy atom. The van der Waals surface area contributed by atoms with Crippen molar-refractivity contribution in [2.45, 2.75) is 57.0 Å². The summed E-state index contributed by atoms with van der Waals surface area (Å²) in [7, 11) is -2.08. The van der Waals surface area contributed by atoms with E-state index in [0.717, 1.165) is 23.4 Å². The van der Waals surface area contributed by atoms with Crippen LogP contribution in [0, 0.1) is 35.5 Å². The smallest absolute Gasteiger partial charge is 0.241 e. The molecule has 1 fully saturated rings. The number of thiazole rings is 1. The Kier molecular flexibility index (Phi) is 8.03. The maximum absolute atomic E-state index is 12.9. The van der Waals surface area contributed by atoms with E-state index < -0.39 is 27.6 Å². The van der Waals surface area contributed by atoms with Crippen molar-refractivity contribution in [1.29, 1.82) is 0 Å². The van der Waals surface area contributed by atoms with Crippen LogP contribution in [0.1, 0.15) is 50.1 Å². The van der Waals surface area contributed by atoms with Crippen LogP contribution in [0.3, 0.4) is 0 Å². The Balaban J connectivity index is 1.50. The van der Waals surface area contributed by atoms with Crippen molar-refractivity contribution in [2.75, 3.05) is 24.7 Å². The molecule has 2 N–H and O–H groups in total. The molecule has 204 valence electrons. The number of fused-ring (bicyclic) bond motifs is 2. The minimum absolute atomic E-state index is 0.0659. The van der Waals surface area contributed by atoms with Gasteiger partial charge in [-0.25, -0.2) is 13.4 Å². The maximum atomic E-state index is 12.9. The van der Waals surface area contributed by atoms with Gasteiger partial charge in [0.25, 0.3) is 0 Å². The van der Waals surface area contributed by atoms with Gasteiger partial charge in [0.15, 0.2) is 15.0 Å². The van der Waals surface area contributed by atoms with Gasteiger partial charge in [-0.2, -0.15) is 0 Å². The monoisotopic (exact) mass is 557 g/mol. The summed E-state index contributed by atoms with van der Waals surface area (Å²) in [5.41, 5.74) is 0.641. The number of nitrogens with one attached hydrogen (secondary N) is 1. The van der Waals surface area contributed by atoms with Crippen molar-refractivity contribution in [3.05, 3.63) is 40.9 Å². The second kappa shape index (κ2) is 10.8. The summed E-state index contributed by atoms with van der Waals surface area (Å²) in [6.07, 6.45) is 6.98. The molecule has 2 aromatic rings. The van der Waals surface area contributed by atoms with Crippen LogP contribution in [0.25, 0.3) is 0 Å². The Hall–Kier alpha value is -2.74. The standard InChI is InChI=1S/C28H35N3O5S2/c1-6-14-31(5)26(34)17(2)20-12-13-28(4)15-21-24(18(3)23(28)25(20)33)30-27(37-21)29-22(32)16-38(35,36)19-10-8-7-9-11-19/h1,7-11,17-18,20,23,25,33H,12-16H2,2-5H3,(H,29,30,32)/t17?,18?,20?,23?,25?,28-/m0/s1. The molecule has 5 unspecified atom stereocenters. The van der Waals surface area contributed by atoms with Crippen LogP contribution in [0.5, 0.6) is 0 Å². The van der Waals surface area contributed by atoms with Crippen LogP contribution in [-0.2, 0) is 25.8 Å². The number of aromatic nitrogens is 1. The Bertz CT molecular complexity index is 1350. The van der Waals surface area contributed by atoms with Crippen LogP contribution in [0.15, 0.2) is 35.2 Å². The second-order valence-corrected chi connectivity index (χ2v) is 14.0. The van der Waals surface area contributed by atoms with Crippen molar-refractivity contribution < 1.29 is 23.1 Å². The van der Waals surface area contributed by atoms with E-state index in [1.54, 1.807) is 25.2 Å². The number of carbonyl (C=O) groups excluding carboxylic acids is 2. The average Bonchev–Trinajstić information content (AvgIpc) is 3.25. The molecule has 0 bridgehead atoms. The number of sulfone groups is 1. The number of nitrogens with zero attached hydrogens (tertiary/aromatic N) is 2. The Labute approximate surface area is 228 Å². The molecule has 6 atom stereocenters. The van der Waals surface area contributed by atoms with E-state index >= 15 is 0 Å². The van der Waals surface area contributed by atoms with Crippen LogP contribution in [0.2, 0.25) is 0 Å². The first-order valence-electron chi connectivity index (χ1n) is 12.8. The zero-order valence-electron chi connectivity index (χ0n) is 22.2. The highest BCUT2D eigenvalue weighted by molar-refractivity contribution is 7.92. The van der Waals surface area contributed by atoms with E-state index in [2.05, 4.69) is 23.1 Å². The summed E-state index contributed by atoms with van der Waals surface area (Å²) < 4.78 is 25.2. The molecule has 1 aromatic carbocycles. The highest BCUT2D eigenvalue weighted by Gasteiger charge is 2.54. The van der Waals surface area contributed by atoms with Crippen LogP contribution in [-0.4, -0.2) is 60.7 Å². The molecule has 1 aromatic heterocycles. The van der Waals surface area contributed by atoms with Gasteiger partial charge in [0.2, 0.25) is 11.8 Å². The normalized spacial score (nSPS) is 27.4. The molecule has 2 aliphatic rings. The molecule has 38 heavy (non-hydrogen) atoms. The van der Waals surface area contributed by atoms with E-state index in [9.17, 15) is 23.1 Å². The summed E-state index contributed by atoms with van der Waals surface area (Å²) in [5, 5.41) is 14.6. The van der Waals surface area contributed by atoms with E-state index in [0.29, 0.717) is 11.6 Å². The number of amides is 2. The Morgan fingerprint density at radius 3 is 2.68 bits per heavy atom. The predicted molar refractivity (Wildman–Crippen MR) is 147 cm³/mol. The predicted octanol–water partition coefficient (Wildman–Crippen LogP) is 3.34. The van der Waals surface area contributed by atoms with Gasteiger partial charge in [0.1, 0.15) is 5.75 Å². The van der Waals surface area contributed by atoms with Crippen molar-refractivity contribution in [3.63, 3.8) is 0 Å². The van der Waals surface area contributed by atoms with Gasteiger partial charge in [-0.15, -0.1) is 17.8 Å². The minimum atomic E-state index is -3.77. The molecule has 1 heterocycles. The molecule has 0 spiro atoms. The van der Waals surface area contributed by atoms with Gasteiger partial charge in [0.05, 0.1) is 23.2 Å². The van der Waals surface area contributed by atoms with Crippen molar-refractivity contribution in [2.24, 2.45) is 23.2 Å². The third kappa shape index (κ3) is 5.37. The quantitative estimate of drug-likeness (QED) is 0.505. The summed E-state index contributed by atoms with van der Waals surface area (Å²) in [5.74, 6) is 0.369. The molecule has 8 nitrogen and oxygen atoms in total. The number of hydrogen-bond donors (Lipinski definition) is 2. The lowest BCUT2D eigenvalue weighted by atomic mass is 9.53. The average molecular weight is 558 g/mol. The number of rotatable bonds is 7. The molecule has 2 amide bonds. The topological polar surface area (TPSA) is 117 Å². The highest BCUT2D eigenvalue weighted by Crippen LogP contribution is 2.57. The number of benzene rings is 1. The van der Waals surface area contributed by atoms with Gasteiger partial charge in [0, 0.05) is 23.8 Å². The van der Waals surface area contributed by atoms with Crippen molar-refractivity contribution in [3.8, 4) is 12.3 Å². The molecule has 0 saturated heterocycles. The molecular formula is C28H35N3O5S2. The molecular weight excluding hydrogens is 522 g/mol. The first kappa shape index (κ1) is 28.3. The maximum Gasteiger partial charge on any atom is 0.241 e. The van der Waals surface area contributed by atoms with Crippen molar-refractivity contribution in [1.82, 2.24) is 9.88 Å². The summed E-state index contributed by atoms with van der Waals surface area (Å²) in [4.78, 5) is 32.9. The molecule has 1 saturated carbocycles. The fraction of sp³-hybridized carbons (Fsp3) is 0.536. The lowest BCUT2D eigenvalue weighted by Gasteiger charge is -2.53. The lowest BCUT2D eigenvalue weighted by molar-refractivity contribution is -0.142. The second-order valence-electron chi connectivity index (χ2n) is 11.0. The summed E-state index contributed by atoms with van der Waals surface area (Å²) >= 11 is 1.37. The number of aliphatic hydroxyl groups is 1. The number of anilines is 1. The summed E-state index contributed by atoms with van der Waals surface area (Å²) in [6, 6.07) is 7.89. The molecule has 0 aliphatic heterocycles. The molecule has 4 rings (SSSR count). The van der Waals surface area contributed by atoms with Gasteiger partial charge < -0.3 is 15.3 Å². The minimum Gasteiger partial charge on any atom is -0.392 e. The van der Waals surface area contributed by atoms with Gasteiger partial charge in [-0.3, -0.25) is 9.59 Å². The number of aliphatic hydroxyl groups excluding tert-OH is 1. The number of terminal acetylenes is 1. The van der Waals surface area contributed by atoms with Crippen molar-refractivity contribution >= 4 is 38.1 Å². The first-order valence-corrected chi connectivity index (χ1v) is 15.3. The van der Waals surface area contributed by atoms with Crippen LogP contribution < -0.4 is 5.32 Å². The fourth-order valence-electron chi connectivity index (χ4n) is 6.38. The van der Waals surface area contributed by atoms with Crippen LogP contribution in [0.4, 0.5) is 5.13 Å². The molecule has 10 heteroatoms. The third-order valence-corrected chi connectivity index (χ3v) is 10.9. The lowest BCUT2D eigenvalue weighted by Crippen LogP contribution is -2.53. The first-order chi connectivity index (χ1) is 17.9. The number of hydrogen-bond acceptors (Lipinski definition) is 7. The van der Waals surface area contributed by atoms with Gasteiger partial charge >= 0.3 is 0 Å². The van der Waals surface area contributed by atoms with Crippen LogP contribution >= 0.6 is 11.3 Å². The van der Waals surface area contributed by atoms with E-state index in [1.165, 1.54) is 28.4 Å². The number of carbonyl (C=O) groups is 2. The van der Waals surface area contributed by atoms with E-state index in [1.807, 2.05) is 13.8 Å². The fourth-order valence-corrected chi connectivity index (χ4v) is 8.82. The zero-order chi connectivity index (χ0) is 27.8. The molecule has 2 aliphatic carbocycles. The van der Waals surface area contributed by atoms with E-state index in [4.69, 9.17) is 6.42 Å². The summed E-state index contributed by atoms with van der Waals surface area (Å²) in [6.45, 7) is 6.31. The Morgan fingerprint density at radius 1 is 1.34 bits per heavy atom. The SMILES string of the molecule is C#CCN(C)C(=O)C(C)C1CC[C@@]2(C)Cc3sc(NC(=O)CS(=O)(=O)c4ccccc4)nc3C(C)C2C1O. The van der Waals surface area contributed by atoms with Gasteiger partial charge in [-0.1, -0.05) is 44.9 Å².